The first-order valence-electron chi connectivity index (χ1n) is 6.62. The topological polar surface area (TPSA) is 91.8 Å². The van der Waals surface area contributed by atoms with Crippen LogP contribution in [0.5, 0.6) is 0 Å². The summed E-state index contributed by atoms with van der Waals surface area (Å²) in [6, 6.07) is 0. The standard InChI is InChI=1S/C12H19NO5S/c14-11(13-6-5-9(7-13)12(15)16)8-19(17,18)10-3-1-2-4-10/h9-10H,1-8H2,(H,15,16)/t9-/m0/s1. The Morgan fingerprint density at radius 3 is 2.32 bits per heavy atom. The molecule has 0 aromatic rings. The van der Waals surface area contributed by atoms with Crippen LogP contribution in [0.1, 0.15) is 32.1 Å². The van der Waals surface area contributed by atoms with Gasteiger partial charge in [0, 0.05) is 13.1 Å². The third kappa shape index (κ3) is 3.26. The van der Waals surface area contributed by atoms with Gasteiger partial charge in [-0.3, -0.25) is 9.59 Å². The van der Waals surface area contributed by atoms with E-state index in [1.807, 2.05) is 0 Å². The van der Waals surface area contributed by atoms with Gasteiger partial charge >= 0.3 is 5.97 Å². The lowest BCUT2D eigenvalue weighted by Gasteiger charge is -2.17. The predicted molar refractivity (Wildman–Crippen MR) is 68.4 cm³/mol. The summed E-state index contributed by atoms with van der Waals surface area (Å²) in [5.74, 6) is -2.40. The second-order valence-corrected chi connectivity index (χ2v) is 7.66. The summed E-state index contributed by atoms with van der Waals surface area (Å²) in [5.41, 5.74) is 0. The third-order valence-corrected chi connectivity index (χ3v) is 6.16. The molecule has 1 saturated heterocycles. The zero-order chi connectivity index (χ0) is 14.0. The van der Waals surface area contributed by atoms with Crippen molar-refractivity contribution in [1.29, 1.82) is 0 Å². The molecule has 1 amide bonds. The van der Waals surface area contributed by atoms with Crippen molar-refractivity contribution >= 4 is 21.7 Å². The van der Waals surface area contributed by atoms with E-state index >= 15 is 0 Å². The van der Waals surface area contributed by atoms with Gasteiger partial charge in [0.1, 0.15) is 5.75 Å². The Hall–Kier alpha value is -1.11. The van der Waals surface area contributed by atoms with Gasteiger partial charge in [-0.25, -0.2) is 8.42 Å². The number of aliphatic carboxylic acids is 1. The fourth-order valence-corrected chi connectivity index (χ4v) is 4.63. The number of hydrogen-bond donors (Lipinski definition) is 1. The van der Waals surface area contributed by atoms with Crippen LogP contribution < -0.4 is 0 Å². The quantitative estimate of drug-likeness (QED) is 0.802. The van der Waals surface area contributed by atoms with Crippen LogP contribution in [0, 0.1) is 5.92 Å². The van der Waals surface area contributed by atoms with Crippen molar-refractivity contribution in [3.8, 4) is 0 Å². The molecule has 0 aromatic heterocycles. The lowest BCUT2D eigenvalue weighted by Crippen LogP contribution is -2.37. The molecule has 0 radical (unpaired) electrons. The molecule has 1 aliphatic carbocycles. The minimum Gasteiger partial charge on any atom is -0.481 e. The Balaban J connectivity index is 1.92. The fraction of sp³-hybridized carbons (Fsp3) is 0.833. The molecule has 0 aromatic carbocycles. The second-order valence-electron chi connectivity index (χ2n) is 5.38. The van der Waals surface area contributed by atoms with Crippen molar-refractivity contribution in [3.05, 3.63) is 0 Å². The van der Waals surface area contributed by atoms with Gasteiger partial charge in [0.25, 0.3) is 0 Å². The number of carbonyl (C=O) groups is 2. The number of carboxylic acid groups (broad SMARTS) is 1. The van der Waals surface area contributed by atoms with Crippen LogP contribution in [0.4, 0.5) is 0 Å². The van der Waals surface area contributed by atoms with Crippen molar-refractivity contribution < 1.29 is 23.1 Å². The Morgan fingerprint density at radius 2 is 1.79 bits per heavy atom. The van der Waals surface area contributed by atoms with Crippen molar-refractivity contribution in [1.82, 2.24) is 4.90 Å². The van der Waals surface area contributed by atoms with E-state index in [0.29, 0.717) is 25.8 Å². The minimum absolute atomic E-state index is 0.133. The van der Waals surface area contributed by atoms with E-state index in [0.717, 1.165) is 12.8 Å². The molecule has 2 rings (SSSR count). The highest BCUT2D eigenvalue weighted by Gasteiger charge is 2.35. The van der Waals surface area contributed by atoms with Gasteiger partial charge in [0.15, 0.2) is 9.84 Å². The smallest absolute Gasteiger partial charge is 0.308 e. The zero-order valence-corrected chi connectivity index (χ0v) is 11.6. The molecule has 0 unspecified atom stereocenters. The molecule has 1 atom stereocenters. The van der Waals surface area contributed by atoms with Gasteiger partial charge in [-0.1, -0.05) is 12.8 Å². The van der Waals surface area contributed by atoms with E-state index in [4.69, 9.17) is 5.11 Å². The predicted octanol–water partition coefficient (Wildman–Crippen LogP) is 0.277. The molecular formula is C12H19NO5S. The summed E-state index contributed by atoms with van der Waals surface area (Å²) >= 11 is 0. The normalized spacial score (nSPS) is 24.8. The van der Waals surface area contributed by atoms with Crippen LogP contribution in [0.15, 0.2) is 0 Å². The van der Waals surface area contributed by atoms with Crippen LogP contribution in [-0.4, -0.2) is 54.4 Å². The van der Waals surface area contributed by atoms with Gasteiger partial charge in [0.2, 0.25) is 5.91 Å². The Kier molecular flexibility index (Phi) is 4.13. The van der Waals surface area contributed by atoms with Crippen LogP contribution in [-0.2, 0) is 19.4 Å². The SMILES string of the molecule is O=C(O)[C@H]1CCN(C(=O)CS(=O)(=O)C2CCCC2)C1. The summed E-state index contributed by atoms with van der Waals surface area (Å²) in [6.45, 7) is 0.477. The van der Waals surface area contributed by atoms with E-state index in [1.54, 1.807) is 0 Å². The molecule has 1 heterocycles. The molecule has 1 aliphatic heterocycles. The first-order valence-corrected chi connectivity index (χ1v) is 8.34. The van der Waals surface area contributed by atoms with Crippen molar-refractivity contribution in [2.24, 2.45) is 5.92 Å². The Morgan fingerprint density at radius 1 is 1.16 bits per heavy atom. The van der Waals surface area contributed by atoms with E-state index < -0.39 is 33.4 Å². The summed E-state index contributed by atoms with van der Waals surface area (Å²) in [5, 5.41) is 8.48. The number of carbonyl (C=O) groups excluding carboxylic acids is 1. The van der Waals surface area contributed by atoms with Crippen LogP contribution in [0.3, 0.4) is 0 Å². The molecule has 6 nitrogen and oxygen atoms in total. The zero-order valence-electron chi connectivity index (χ0n) is 10.7. The molecule has 0 bridgehead atoms. The van der Waals surface area contributed by atoms with Gasteiger partial charge in [-0.2, -0.15) is 0 Å². The lowest BCUT2D eigenvalue weighted by molar-refractivity contribution is -0.141. The maximum Gasteiger partial charge on any atom is 0.308 e. The van der Waals surface area contributed by atoms with Crippen molar-refractivity contribution in [2.45, 2.75) is 37.4 Å². The minimum atomic E-state index is -3.37. The number of nitrogens with zero attached hydrogens (tertiary/aromatic N) is 1. The highest BCUT2D eigenvalue weighted by Crippen LogP contribution is 2.26. The molecule has 2 aliphatic rings. The molecule has 0 spiro atoms. The number of likely N-dealkylation sites (tertiary alicyclic amines) is 1. The van der Waals surface area contributed by atoms with Crippen molar-refractivity contribution in [2.75, 3.05) is 18.8 Å². The second kappa shape index (κ2) is 5.48. The van der Waals surface area contributed by atoms with Gasteiger partial charge in [0.05, 0.1) is 11.2 Å². The monoisotopic (exact) mass is 289 g/mol. The number of rotatable bonds is 4. The summed E-state index contributed by atoms with van der Waals surface area (Å²) in [7, 11) is -3.37. The highest BCUT2D eigenvalue weighted by molar-refractivity contribution is 7.92. The first kappa shape index (κ1) is 14.3. The van der Waals surface area contributed by atoms with Crippen molar-refractivity contribution in [3.63, 3.8) is 0 Å². The number of amides is 1. The maximum atomic E-state index is 12.1. The molecule has 1 N–H and O–H groups in total. The van der Waals surface area contributed by atoms with Gasteiger partial charge in [-0.05, 0) is 19.3 Å². The van der Waals surface area contributed by atoms with E-state index in [1.165, 1.54) is 4.90 Å². The van der Waals surface area contributed by atoms with Gasteiger partial charge in [-0.15, -0.1) is 0 Å². The van der Waals surface area contributed by atoms with Crippen LogP contribution in [0.2, 0.25) is 0 Å². The molecule has 2 fully saturated rings. The van der Waals surface area contributed by atoms with E-state index in [9.17, 15) is 18.0 Å². The number of hydrogen-bond acceptors (Lipinski definition) is 4. The average Bonchev–Trinajstić information content (AvgIpc) is 3.00. The molecule has 108 valence electrons. The third-order valence-electron chi connectivity index (χ3n) is 4.02. The van der Waals surface area contributed by atoms with Gasteiger partial charge < -0.3 is 10.0 Å². The first-order chi connectivity index (χ1) is 8.90. The maximum absolute atomic E-state index is 12.1. The molecule has 7 heteroatoms. The lowest BCUT2D eigenvalue weighted by atomic mass is 10.1. The number of carboxylic acids is 1. The summed E-state index contributed by atoms with van der Waals surface area (Å²) in [6.07, 6.45) is 3.51. The van der Waals surface area contributed by atoms with E-state index in [2.05, 4.69) is 0 Å². The largest absolute Gasteiger partial charge is 0.481 e. The van der Waals surface area contributed by atoms with Crippen LogP contribution in [0.25, 0.3) is 0 Å². The average molecular weight is 289 g/mol. The summed E-state index contributed by atoms with van der Waals surface area (Å²) < 4.78 is 24.1. The summed E-state index contributed by atoms with van der Waals surface area (Å²) in [4.78, 5) is 24.1. The molecule has 1 saturated carbocycles. The van der Waals surface area contributed by atoms with Crippen LogP contribution >= 0.6 is 0 Å². The molecule has 19 heavy (non-hydrogen) atoms. The Bertz CT molecular complexity index is 467. The fourth-order valence-electron chi connectivity index (χ4n) is 2.82. The molecular weight excluding hydrogens is 270 g/mol. The Labute approximate surface area is 112 Å². The number of sulfone groups is 1. The highest BCUT2D eigenvalue weighted by atomic mass is 32.2. The van der Waals surface area contributed by atoms with E-state index in [-0.39, 0.29) is 11.8 Å².